The van der Waals surface area contributed by atoms with Crippen LogP contribution in [-0.2, 0) is 0 Å². The molecule has 0 unspecified atom stereocenters. The molecule has 1 aromatic rings. The molecule has 0 atom stereocenters. The van der Waals surface area contributed by atoms with Gasteiger partial charge in [-0.1, -0.05) is 0 Å². The van der Waals surface area contributed by atoms with E-state index in [2.05, 4.69) is 5.32 Å². The summed E-state index contributed by atoms with van der Waals surface area (Å²) in [6.07, 6.45) is 1.99. The lowest BCUT2D eigenvalue weighted by atomic mass is 9.90. The van der Waals surface area contributed by atoms with Crippen LogP contribution in [-0.4, -0.2) is 25.3 Å². The Morgan fingerprint density at radius 3 is 2.69 bits per heavy atom. The maximum Gasteiger partial charge on any atom is 0.194 e. The Morgan fingerprint density at radius 1 is 1.38 bits per heavy atom. The van der Waals surface area contributed by atoms with E-state index in [1.54, 1.807) is 6.07 Å². The number of nitrogens with one attached hydrogen (secondary N) is 1. The van der Waals surface area contributed by atoms with Crippen LogP contribution in [0.25, 0.3) is 0 Å². The van der Waals surface area contributed by atoms with Crippen molar-refractivity contribution < 1.29 is 14.2 Å². The fourth-order valence-corrected chi connectivity index (χ4v) is 2.14. The molecule has 0 saturated carbocycles. The molecule has 2 rings (SSSR count). The Kier molecular flexibility index (Phi) is 3.29. The van der Waals surface area contributed by atoms with Crippen molar-refractivity contribution in [1.29, 1.82) is 0 Å². The van der Waals surface area contributed by atoms with Crippen LogP contribution in [0.15, 0.2) is 12.1 Å². The molecule has 3 nitrogen and oxygen atoms in total. The molecule has 4 heteroatoms. The number of hydrogen-bond acceptors (Lipinski definition) is 3. The van der Waals surface area contributed by atoms with Gasteiger partial charge in [0.25, 0.3) is 0 Å². The molecule has 1 saturated heterocycles. The van der Waals surface area contributed by atoms with E-state index in [-0.39, 0.29) is 5.75 Å². The third-order valence-electron chi connectivity index (χ3n) is 3.08. The van der Waals surface area contributed by atoms with Gasteiger partial charge < -0.3 is 15.2 Å². The van der Waals surface area contributed by atoms with Crippen LogP contribution >= 0.6 is 0 Å². The van der Waals surface area contributed by atoms with Gasteiger partial charge in [-0.15, -0.1) is 0 Å². The second-order valence-electron chi connectivity index (χ2n) is 4.08. The summed E-state index contributed by atoms with van der Waals surface area (Å²) in [5, 5.41) is 12.7. The van der Waals surface area contributed by atoms with Crippen LogP contribution in [0.4, 0.5) is 4.39 Å². The molecule has 0 spiro atoms. The second-order valence-corrected chi connectivity index (χ2v) is 4.08. The Morgan fingerprint density at radius 2 is 2.06 bits per heavy atom. The van der Waals surface area contributed by atoms with Gasteiger partial charge in [-0.05, 0) is 49.5 Å². The van der Waals surface area contributed by atoms with Gasteiger partial charge in [0.05, 0.1) is 7.11 Å². The number of halogens is 1. The minimum Gasteiger partial charge on any atom is -0.502 e. The van der Waals surface area contributed by atoms with Crippen molar-refractivity contribution in [3.8, 4) is 11.5 Å². The molecule has 1 aliphatic rings. The van der Waals surface area contributed by atoms with Crippen molar-refractivity contribution in [3.05, 3.63) is 23.5 Å². The molecular weight excluding hydrogens is 209 g/mol. The molecule has 2 N–H and O–H groups in total. The lowest BCUT2D eigenvalue weighted by Gasteiger charge is -2.23. The zero-order valence-corrected chi connectivity index (χ0v) is 9.29. The third kappa shape index (κ3) is 2.11. The van der Waals surface area contributed by atoms with Gasteiger partial charge in [0.1, 0.15) is 0 Å². The number of ether oxygens (including phenoxy) is 1. The van der Waals surface area contributed by atoms with Gasteiger partial charge in [0.15, 0.2) is 17.3 Å². The minimum atomic E-state index is -0.604. The minimum absolute atomic E-state index is 0.216. The van der Waals surface area contributed by atoms with Gasteiger partial charge >= 0.3 is 0 Å². The molecule has 0 radical (unpaired) electrons. The van der Waals surface area contributed by atoms with Crippen LogP contribution in [0.5, 0.6) is 11.5 Å². The highest BCUT2D eigenvalue weighted by molar-refractivity contribution is 5.44. The van der Waals surface area contributed by atoms with Crippen molar-refractivity contribution in [2.45, 2.75) is 18.8 Å². The van der Waals surface area contributed by atoms with E-state index in [1.165, 1.54) is 13.2 Å². The summed E-state index contributed by atoms with van der Waals surface area (Å²) >= 11 is 0. The summed E-state index contributed by atoms with van der Waals surface area (Å²) in [5.74, 6) is -0.438. The summed E-state index contributed by atoms with van der Waals surface area (Å²) in [5.41, 5.74) is 0.911. The number of piperidine rings is 1. The number of rotatable bonds is 2. The Balaban J connectivity index is 2.29. The molecule has 1 aromatic carbocycles. The average Bonchev–Trinajstić information content (AvgIpc) is 2.33. The first-order valence-electron chi connectivity index (χ1n) is 5.49. The number of methoxy groups -OCH3 is 1. The van der Waals surface area contributed by atoms with E-state index in [0.717, 1.165) is 31.5 Å². The first kappa shape index (κ1) is 11.2. The zero-order chi connectivity index (χ0) is 11.5. The Bertz CT molecular complexity index is 376. The third-order valence-corrected chi connectivity index (χ3v) is 3.08. The molecular formula is C12H16FNO2. The van der Waals surface area contributed by atoms with Crippen molar-refractivity contribution in [2.24, 2.45) is 0 Å². The van der Waals surface area contributed by atoms with Crippen LogP contribution in [0.3, 0.4) is 0 Å². The van der Waals surface area contributed by atoms with Crippen molar-refractivity contribution in [2.75, 3.05) is 20.2 Å². The topological polar surface area (TPSA) is 41.5 Å². The summed E-state index contributed by atoms with van der Waals surface area (Å²) in [4.78, 5) is 0. The van der Waals surface area contributed by atoms with E-state index < -0.39 is 11.6 Å². The number of aromatic hydroxyl groups is 1. The number of hydrogen-bond donors (Lipinski definition) is 2. The maximum atomic E-state index is 13.4. The van der Waals surface area contributed by atoms with Gasteiger partial charge in [-0.25, -0.2) is 4.39 Å². The van der Waals surface area contributed by atoms with Gasteiger partial charge in [-0.2, -0.15) is 0 Å². The highest BCUT2D eigenvalue weighted by Gasteiger charge is 2.19. The van der Waals surface area contributed by atoms with Crippen LogP contribution in [0.2, 0.25) is 0 Å². The van der Waals surface area contributed by atoms with E-state index in [4.69, 9.17) is 4.74 Å². The largest absolute Gasteiger partial charge is 0.502 e. The lowest BCUT2D eigenvalue weighted by molar-refractivity contribution is 0.354. The molecule has 0 bridgehead atoms. The molecule has 1 fully saturated rings. The predicted molar refractivity (Wildman–Crippen MR) is 59.5 cm³/mol. The van der Waals surface area contributed by atoms with Crippen molar-refractivity contribution >= 4 is 0 Å². The lowest BCUT2D eigenvalue weighted by Crippen LogP contribution is -2.26. The summed E-state index contributed by atoms with van der Waals surface area (Å²) in [7, 11) is 1.43. The second kappa shape index (κ2) is 4.70. The number of phenols is 1. The van der Waals surface area contributed by atoms with Crippen molar-refractivity contribution in [3.63, 3.8) is 0 Å². The molecule has 16 heavy (non-hydrogen) atoms. The van der Waals surface area contributed by atoms with Crippen molar-refractivity contribution in [1.82, 2.24) is 5.32 Å². The van der Waals surface area contributed by atoms with Crippen LogP contribution in [0, 0.1) is 5.82 Å². The monoisotopic (exact) mass is 225 g/mol. The molecule has 0 aromatic heterocycles. The SMILES string of the molecule is COc1cc(C2CCNCC2)cc(F)c1O. The predicted octanol–water partition coefficient (Wildman–Crippen LogP) is 2.01. The molecule has 88 valence electrons. The smallest absolute Gasteiger partial charge is 0.194 e. The highest BCUT2D eigenvalue weighted by atomic mass is 19.1. The summed E-state index contributed by atoms with van der Waals surface area (Å²) < 4.78 is 18.4. The Hall–Kier alpha value is -1.29. The van der Waals surface area contributed by atoms with E-state index in [9.17, 15) is 9.50 Å². The van der Waals surface area contributed by atoms with E-state index >= 15 is 0 Å². The van der Waals surface area contributed by atoms with Gasteiger partial charge in [0.2, 0.25) is 0 Å². The summed E-state index contributed by atoms with van der Waals surface area (Å²) in [6, 6.07) is 3.14. The Labute approximate surface area is 94.2 Å². The molecule has 1 aliphatic heterocycles. The number of phenolic OH excluding ortho intramolecular Hbond substituents is 1. The van der Waals surface area contributed by atoms with E-state index in [0.29, 0.717) is 5.92 Å². The number of benzene rings is 1. The molecule has 1 heterocycles. The standard InChI is InChI=1S/C12H16FNO2/c1-16-11-7-9(6-10(13)12(11)15)8-2-4-14-5-3-8/h6-8,14-15H,2-5H2,1H3. The fourth-order valence-electron chi connectivity index (χ4n) is 2.14. The maximum absolute atomic E-state index is 13.4. The molecule has 0 amide bonds. The normalized spacial score (nSPS) is 17.4. The van der Waals surface area contributed by atoms with E-state index in [1.807, 2.05) is 0 Å². The van der Waals surface area contributed by atoms with Crippen LogP contribution in [0.1, 0.15) is 24.3 Å². The fraction of sp³-hybridized carbons (Fsp3) is 0.500. The summed E-state index contributed by atoms with van der Waals surface area (Å²) in [6.45, 7) is 1.91. The average molecular weight is 225 g/mol. The first-order valence-corrected chi connectivity index (χ1v) is 5.49. The quantitative estimate of drug-likeness (QED) is 0.809. The van der Waals surface area contributed by atoms with Gasteiger partial charge in [-0.3, -0.25) is 0 Å². The molecule has 0 aliphatic carbocycles. The zero-order valence-electron chi connectivity index (χ0n) is 9.29. The van der Waals surface area contributed by atoms with Crippen LogP contribution < -0.4 is 10.1 Å². The van der Waals surface area contributed by atoms with Gasteiger partial charge in [0, 0.05) is 0 Å². The highest BCUT2D eigenvalue weighted by Crippen LogP contribution is 2.35. The first-order chi connectivity index (χ1) is 7.72.